The Morgan fingerprint density at radius 2 is 1.92 bits per heavy atom. The Morgan fingerprint density at radius 3 is 2.44 bits per heavy atom. The van der Waals surface area contributed by atoms with Gasteiger partial charge in [0.15, 0.2) is 0 Å². The van der Waals surface area contributed by atoms with Crippen molar-refractivity contribution in [3.63, 3.8) is 0 Å². The number of carbonyl (C=O) groups is 1. The van der Waals surface area contributed by atoms with Crippen molar-refractivity contribution < 1.29 is 18.5 Å². The lowest BCUT2D eigenvalue weighted by Gasteiger charge is -2.32. The second-order valence-electron chi connectivity index (χ2n) is 7.49. The molecule has 1 aromatic rings. The van der Waals surface area contributed by atoms with Crippen LogP contribution < -0.4 is 16.1 Å². The highest BCUT2D eigenvalue weighted by Crippen LogP contribution is 2.36. The van der Waals surface area contributed by atoms with Crippen molar-refractivity contribution in [2.75, 3.05) is 13.1 Å². The number of amides is 1. The van der Waals surface area contributed by atoms with Gasteiger partial charge in [0.1, 0.15) is 5.82 Å². The third kappa shape index (κ3) is 4.00. The normalized spacial score (nSPS) is 24.0. The molecule has 0 bridgehead atoms. The van der Waals surface area contributed by atoms with E-state index in [1.54, 1.807) is 6.07 Å². The summed E-state index contributed by atoms with van der Waals surface area (Å²) in [5.41, 5.74) is -0.355. The lowest BCUT2D eigenvalue weighted by Crippen LogP contribution is -2.41. The molecular weight excluding hydrogens is 345 g/mol. The maximum atomic E-state index is 14.4. The number of hydrogen-bond donors (Lipinski definition) is 2. The van der Waals surface area contributed by atoms with Crippen LogP contribution >= 0.6 is 12.4 Å². The van der Waals surface area contributed by atoms with Gasteiger partial charge in [-0.15, -0.1) is 12.4 Å². The monoisotopic (exact) mass is 370 g/mol. The Labute approximate surface area is 154 Å². The summed E-state index contributed by atoms with van der Waals surface area (Å²) in [5.74, 6) is -0.952. The van der Waals surface area contributed by atoms with Gasteiger partial charge in [-0.2, -0.15) is 0 Å². The van der Waals surface area contributed by atoms with Gasteiger partial charge in [0.25, 0.3) is 5.91 Å². The van der Waals surface area contributed by atoms with Crippen LogP contribution in [0.4, 0.5) is 4.39 Å². The minimum Gasteiger partial charge on any atom is -0.399 e. The van der Waals surface area contributed by atoms with Gasteiger partial charge in [-0.05, 0) is 58.3 Å². The summed E-state index contributed by atoms with van der Waals surface area (Å²) >= 11 is 0. The molecule has 2 aliphatic heterocycles. The highest BCUT2D eigenvalue weighted by Gasteiger charge is 2.51. The third-order valence-electron chi connectivity index (χ3n) is 5.16. The van der Waals surface area contributed by atoms with Gasteiger partial charge in [-0.1, -0.05) is 6.07 Å². The molecule has 0 saturated carbocycles. The Morgan fingerprint density at radius 1 is 1.28 bits per heavy atom. The molecule has 0 aliphatic carbocycles. The van der Waals surface area contributed by atoms with Crippen molar-refractivity contribution in [2.24, 2.45) is 0 Å². The Bertz CT molecular complexity index is 635. The second-order valence-corrected chi connectivity index (χ2v) is 7.49. The predicted octanol–water partition coefficient (Wildman–Crippen LogP) is 1.64. The van der Waals surface area contributed by atoms with E-state index in [1.165, 1.54) is 12.1 Å². The van der Waals surface area contributed by atoms with Gasteiger partial charge in [-0.25, -0.2) is 4.39 Å². The SMILES string of the molecule is CC1(C)OB(c2ccc(C(=O)N[C@H]3CCNC3)c(F)c2)OC1(C)C.Cl. The van der Waals surface area contributed by atoms with E-state index in [0.29, 0.717) is 5.46 Å². The van der Waals surface area contributed by atoms with Crippen LogP contribution in [-0.4, -0.2) is 43.4 Å². The molecule has 8 heteroatoms. The fourth-order valence-electron chi connectivity index (χ4n) is 2.88. The number of nitrogens with one attached hydrogen (secondary N) is 2. The van der Waals surface area contributed by atoms with Crippen LogP contribution in [0.15, 0.2) is 18.2 Å². The maximum Gasteiger partial charge on any atom is 0.494 e. The molecule has 1 amide bonds. The molecule has 0 unspecified atom stereocenters. The minimum absolute atomic E-state index is 0. The fourth-order valence-corrected chi connectivity index (χ4v) is 2.88. The van der Waals surface area contributed by atoms with E-state index in [9.17, 15) is 9.18 Å². The zero-order valence-electron chi connectivity index (χ0n) is 15.0. The van der Waals surface area contributed by atoms with Crippen molar-refractivity contribution in [2.45, 2.75) is 51.4 Å². The molecule has 0 spiro atoms. The van der Waals surface area contributed by atoms with Crippen LogP contribution in [0.3, 0.4) is 0 Å². The summed E-state index contributed by atoms with van der Waals surface area (Å²) in [6, 6.07) is 4.56. The number of benzene rings is 1. The van der Waals surface area contributed by atoms with Crippen molar-refractivity contribution in [1.82, 2.24) is 10.6 Å². The van der Waals surface area contributed by atoms with Gasteiger partial charge >= 0.3 is 7.12 Å². The van der Waals surface area contributed by atoms with Gasteiger partial charge in [0.05, 0.1) is 16.8 Å². The van der Waals surface area contributed by atoms with E-state index >= 15 is 0 Å². The van der Waals surface area contributed by atoms with Crippen molar-refractivity contribution in [3.8, 4) is 0 Å². The van der Waals surface area contributed by atoms with Gasteiger partial charge < -0.3 is 19.9 Å². The first-order chi connectivity index (χ1) is 11.2. The number of halogens is 2. The molecule has 2 saturated heterocycles. The van der Waals surface area contributed by atoms with Crippen molar-refractivity contribution in [3.05, 3.63) is 29.6 Å². The van der Waals surface area contributed by atoms with Crippen LogP contribution in [-0.2, 0) is 9.31 Å². The van der Waals surface area contributed by atoms with E-state index in [4.69, 9.17) is 9.31 Å². The average molecular weight is 371 g/mol. The predicted molar refractivity (Wildman–Crippen MR) is 98.1 cm³/mol. The number of rotatable bonds is 3. The molecule has 2 fully saturated rings. The molecule has 1 atom stereocenters. The zero-order valence-corrected chi connectivity index (χ0v) is 15.8. The summed E-state index contributed by atoms with van der Waals surface area (Å²) in [7, 11) is -0.638. The maximum absolute atomic E-state index is 14.4. The summed E-state index contributed by atoms with van der Waals surface area (Å²) in [4.78, 5) is 12.2. The molecule has 2 aliphatic rings. The lowest BCUT2D eigenvalue weighted by molar-refractivity contribution is 0.00578. The van der Waals surface area contributed by atoms with Crippen molar-refractivity contribution in [1.29, 1.82) is 0 Å². The van der Waals surface area contributed by atoms with Crippen LogP contribution in [0.25, 0.3) is 0 Å². The minimum atomic E-state index is -0.638. The van der Waals surface area contributed by atoms with Crippen molar-refractivity contribution >= 4 is 30.9 Å². The number of carbonyl (C=O) groups excluding carboxylic acids is 1. The molecule has 25 heavy (non-hydrogen) atoms. The quantitative estimate of drug-likeness (QED) is 0.794. The third-order valence-corrected chi connectivity index (χ3v) is 5.16. The van der Waals surface area contributed by atoms with Gasteiger partial charge in [-0.3, -0.25) is 4.79 Å². The first-order valence-electron chi connectivity index (χ1n) is 8.36. The topological polar surface area (TPSA) is 59.6 Å². The van der Waals surface area contributed by atoms with Gasteiger partial charge in [0.2, 0.25) is 0 Å². The molecule has 0 radical (unpaired) electrons. The van der Waals surface area contributed by atoms with Crippen LogP contribution in [0.2, 0.25) is 0 Å². The molecule has 2 N–H and O–H groups in total. The molecule has 2 heterocycles. The first kappa shape index (κ1) is 20.2. The van der Waals surface area contributed by atoms with E-state index in [0.717, 1.165) is 19.5 Å². The molecule has 5 nitrogen and oxygen atoms in total. The summed E-state index contributed by atoms with van der Waals surface area (Å²) in [6.07, 6.45) is 0.860. The van der Waals surface area contributed by atoms with E-state index in [-0.39, 0.29) is 29.9 Å². The Kier molecular flexibility index (Phi) is 5.83. The Balaban J connectivity index is 0.00000225. The standard InChI is InChI=1S/C17H24BFN2O3.ClH/c1-16(2)17(3,4)24-18(23-16)11-5-6-13(14(19)9-11)15(22)21-12-7-8-20-10-12;/h5-6,9,12,20H,7-8,10H2,1-4H3,(H,21,22);1H/t12-;/m0./s1. The highest BCUT2D eigenvalue weighted by molar-refractivity contribution is 6.62. The molecule has 1 aromatic carbocycles. The van der Waals surface area contributed by atoms with Crippen LogP contribution in [0.5, 0.6) is 0 Å². The molecule has 3 rings (SSSR count). The summed E-state index contributed by atoms with van der Waals surface area (Å²) in [5, 5.41) is 6.01. The highest BCUT2D eigenvalue weighted by atomic mass is 35.5. The lowest BCUT2D eigenvalue weighted by atomic mass is 9.78. The number of hydrogen-bond acceptors (Lipinski definition) is 4. The zero-order chi connectivity index (χ0) is 17.5. The largest absolute Gasteiger partial charge is 0.494 e. The Hall–Kier alpha value is -1.15. The molecular formula is C17H25BClFN2O3. The van der Waals surface area contributed by atoms with E-state index < -0.39 is 24.1 Å². The van der Waals surface area contributed by atoms with E-state index in [2.05, 4.69) is 10.6 Å². The van der Waals surface area contributed by atoms with Crippen LogP contribution in [0, 0.1) is 5.82 Å². The smallest absolute Gasteiger partial charge is 0.399 e. The summed E-state index contributed by atoms with van der Waals surface area (Å²) in [6.45, 7) is 9.37. The molecule has 138 valence electrons. The van der Waals surface area contributed by atoms with E-state index in [1.807, 2.05) is 27.7 Å². The van der Waals surface area contributed by atoms with Gasteiger partial charge in [0, 0.05) is 12.6 Å². The van der Waals surface area contributed by atoms with Crippen LogP contribution in [0.1, 0.15) is 44.5 Å². The molecule has 0 aromatic heterocycles. The second kappa shape index (κ2) is 7.23. The fraction of sp³-hybridized carbons (Fsp3) is 0.588. The average Bonchev–Trinajstić information content (AvgIpc) is 3.05. The first-order valence-corrected chi connectivity index (χ1v) is 8.36. The summed E-state index contributed by atoms with van der Waals surface area (Å²) < 4.78 is 26.3.